The topological polar surface area (TPSA) is 67.6 Å². The number of nitrogens with two attached hydrogens (primary N) is 1. The maximum atomic E-state index is 5.72. The fourth-order valence-corrected chi connectivity index (χ4v) is 2.09. The van der Waals surface area contributed by atoms with E-state index in [1.165, 1.54) is 5.56 Å². The molecular weight excluding hydrogens is 224 g/mol. The Balaban J connectivity index is 1.99. The van der Waals surface area contributed by atoms with Crippen LogP contribution in [0.4, 0.5) is 0 Å². The van der Waals surface area contributed by atoms with Gasteiger partial charge in [0.15, 0.2) is 0 Å². The lowest BCUT2D eigenvalue weighted by Gasteiger charge is -1.96. The minimum absolute atomic E-state index is 0.511. The van der Waals surface area contributed by atoms with E-state index >= 15 is 0 Å². The molecule has 4 heteroatoms. The van der Waals surface area contributed by atoms with Crippen molar-refractivity contribution in [1.29, 1.82) is 0 Å². The molecule has 0 aliphatic carbocycles. The highest BCUT2D eigenvalue weighted by Crippen LogP contribution is 2.17. The summed E-state index contributed by atoms with van der Waals surface area (Å²) < 4.78 is 0. The molecule has 2 aromatic heterocycles. The van der Waals surface area contributed by atoms with Crippen molar-refractivity contribution in [2.45, 2.75) is 13.0 Å². The van der Waals surface area contributed by atoms with Crippen LogP contribution in [-0.4, -0.2) is 15.0 Å². The first-order valence-corrected chi connectivity index (χ1v) is 5.92. The van der Waals surface area contributed by atoms with Gasteiger partial charge >= 0.3 is 0 Å². The van der Waals surface area contributed by atoms with Crippen LogP contribution in [0.3, 0.4) is 0 Å². The van der Waals surface area contributed by atoms with Crippen molar-refractivity contribution in [2.75, 3.05) is 0 Å². The Morgan fingerprint density at radius 3 is 2.72 bits per heavy atom. The normalized spacial score (nSPS) is 10.9. The smallest absolute Gasteiger partial charge is 0.111 e. The standard InChI is InChI=1S/C14H14N4/c15-9-11-2-1-3-12-14(11)18-13(17-12)8-10-4-6-16-7-5-10/h1-7H,8-9,15H2,(H,17,18). The second-order valence-corrected chi connectivity index (χ2v) is 4.23. The molecule has 0 unspecified atom stereocenters. The Bertz CT molecular complexity index is 658. The number of benzene rings is 1. The number of H-pyrrole nitrogens is 1. The van der Waals surface area contributed by atoms with E-state index in [9.17, 15) is 0 Å². The third-order valence-corrected chi connectivity index (χ3v) is 2.99. The Morgan fingerprint density at radius 2 is 1.94 bits per heavy atom. The summed E-state index contributed by atoms with van der Waals surface area (Å²) >= 11 is 0. The predicted octanol–water partition coefficient (Wildman–Crippen LogP) is 2.01. The van der Waals surface area contributed by atoms with Gasteiger partial charge in [-0.05, 0) is 29.3 Å². The summed E-state index contributed by atoms with van der Waals surface area (Å²) in [4.78, 5) is 12.0. The number of nitrogens with zero attached hydrogens (tertiary/aromatic N) is 2. The number of nitrogens with one attached hydrogen (secondary N) is 1. The lowest BCUT2D eigenvalue weighted by Crippen LogP contribution is -1.96. The zero-order valence-corrected chi connectivity index (χ0v) is 9.93. The molecule has 0 radical (unpaired) electrons. The van der Waals surface area contributed by atoms with Crippen LogP contribution in [0, 0.1) is 0 Å². The van der Waals surface area contributed by atoms with Crippen molar-refractivity contribution in [3.63, 3.8) is 0 Å². The van der Waals surface area contributed by atoms with Crippen molar-refractivity contribution in [3.8, 4) is 0 Å². The van der Waals surface area contributed by atoms with Gasteiger partial charge in [-0.15, -0.1) is 0 Å². The molecule has 0 spiro atoms. The minimum atomic E-state index is 0.511. The van der Waals surface area contributed by atoms with Crippen LogP contribution in [0.2, 0.25) is 0 Å². The molecule has 0 atom stereocenters. The van der Waals surface area contributed by atoms with Crippen LogP contribution in [-0.2, 0) is 13.0 Å². The van der Waals surface area contributed by atoms with Crippen LogP contribution < -0.4 is 5.73 Å². The second-order valence-electron chi connectivity index (χ2n) is 4.23. The lowest BCUT2D eigenvalue weighted by molar-refractivity contribution is 1.02. The average molecular weight is 238 g/mol. The van der Waals surface area contributed by atoms with E-state index in [4.69, 9.17) is 5.73 Å². The molecule has 0 aliphatic heterocycles. The van der Waals surface area contributed by atoms with Crippen LogP contribution in [0.15, 0.2) is 42.7 Å². The van der Waals surface area contributed by atoms with Gasteiger partial charge in [0.1, 0.15) is 5.82 Å². The number of aromatic amines is 1. The van der Waals surface area contributed by atoms with Gasteiger partial charge in [0, 0.05) is 25.4 Å². The van der Waals surface area contributed by atoms with Gasteiger partial charge in [-0.25, -0.2) is 4.98 Å². The quantitative estimate of drug-likeness (QED) is 0.733. The van der Waals surface area contributed by atoms with Crippen LogP contribution >= 0.6 is 0 Å². The van der Waals surface area contributed by atoms with E-state index in [-0.39, 0.29) is 0 Å². The molecule has 3 aromatic rings. The molecule has 0 fully saturated rings. The molecule has 2 heterocycles. The zero-order valence-electron chi connectivity index (χ0n) is 9.93. The van der Waals surface area contributed by atoms with E-state index in [0.29, 0.717) is 6.54 Å². The number of para-hydroxylation sites is 1. The first kappa shape index (κ1) is 10.9. The third-order valence-electron chi connectivity index (χ3n) is 2.99. The van der Waals surface area contributed by atoms with Crippen LogP contribution in [0.1, 0.15) is 17.0 Å². The van der Waals surface area contributed by atoms with Crippen molar-refractivity contribution in [2.24, 2.45) is 5.73 Å². The molecule has 0 amide bonds. The average Bonchev–Trinajstić information content (AvgIpc) is 2.82. The van der Waals surface area contributed by atoms with Crippen molar-refractivity contribution in [3.05, 3.63) is 59.7 Å². The number of imidazole rings is 1. The van der Waals surface area contributed by atoms with E-state index in [2.05, 4.69) is 15.0 Å². The highest BCUT2D eigenvalue weighted by Gasteiger charge is 2.06. The van der Waals surface area contributed by atoms with Gasteiger partial charge in [0.05, 0.1) is 11.0 Å². The van der Waals surface area contributed by atoms with Crippen molar-refractivity contribution in [1.82, 2.24) is 15.0 Å². The monoisotopic (exact) mass is 238 g/mol. The van der Waals surface area contributed by atoms with Crippen molar-refractivity contribution >= 4 is 11.0 Å². The summed E-state index contributed by atoms with van der Waals surface area (Å²) in [6.07, 6.45) is 4.37. The summed E-state index contributed by atoms with van der Waals surface area (Å²) in [5.74, 6) is 0.956. The Kier molecular flexibility index (Phi) is 2.78. The summed E-state index contributed by atoms with van der Waals surface area (Å²) in [5, 5.41) is 0. The molecule has 0 saturated heterocycles. The van der Waals surface area contributed by atoms with E-state index in [1.807, 2.05) is 30.3 Å². The molecule has 90 valence electrons. The Hall–Kier alpha value is -2.20. The lowest BCUT2D eigenvalue weighted by atomic mass is 10.2. The summed E-state index contributed by atoms with van der Waals surface area (Å²) in [6, 6.07) is 10.0. The maximum absolute atomic E-state index is 5.72. The molecule has 1 aromatic carbocycles. The maximum Gasteiger partial charge on any atom is 0.111 e. The Labute approximate surface area is 105 Å². The molecule has 3 rings (SSSR count). The number of hydrogen-bond donors (Lipinski definition) is 2. The molecule has 3 N–H and O–H groups in total. The number of hydrogen-bond acceptors (Lipinski definition) is 3. The zero-order chi connectivity index (χ0) is 12.4. The highest BCUT2D eigenvalue weighted by molar-refractivity contribution is 5.78. The summed E-state index contributed by atoms with van der Waals surface area (Å²) in [5.41, 5.74) is 10.0. The molecule has 0 aliphatic rings. The minimum Gasteiger partial charge on any atom is -0.342 e. The van der Waals surface area contributed by atoms with Gasteiger partial charge in [-0.2, -0.15) is 0 Å². The van der Waals surface area contributed by atoms with Gasteiger partial charge in [0.2, 0.25) is 0 Å². The van der Waals surface area contributed by atoms with Gasteiger partial charge in [0.25, 0.3) is 0 Å². The SMILES string of the molecule is NCc1cccc2[nH]c(Cc3ccncc3)nc12. The van der Waals surface area contributed by atoms with E-state index < -0.39 is 0 Å². The number of pyridine rings is 1. The van der Waals surface area contributed by atoms with Gasteiger partial charge in [-0.3, -0.25) is 4.98 Å². The molecule has 0 saturated carbocycles. The Morgan fingerprint density at radius 1 is 1.11 bits per heavy atom. The molecule has 4 nitrogen and oxygen atoms in total. The highest BCUT2D eigenvalue weighted by atomic mass is 14.9. The largest absolute Gasteiger partial charge is 0.342 e. The van der Waals surface area contributed by atoms with Gasteiger partial charge < -0.3 is 10.7 Å². The molecule has 0 bridgehead atoms. The third kappa shape index (κ3) is 1.98. The predicted molar refractivity (Wildman–Crippen MR) is 71.0 cm³/mol. The fourth-order valence-electron chi connectivity index (χ4n) is 2.09. The fraction of sp³-hybridized carbons (Fsp3) is 0.143. The first-order valence-electron chi connectivity index (χ1n) is 5.92. The first-order chi connectivity index (χ1) is 8.86. The number of aromatic nitrogens is 3. The number of rotatable bonds is 3. The number of fused-ring (bicyclic) bond motifs is 1. The second kappa shape index (κ2) is 4.58. The van der Waals surface area contributed by atoms with Gasteiger partial charge in [-0.1, -0.05) is 12.1 Å². The summed E-state index contributed by atoms with van der Waals surface area (Å²) in [7, 11) is 0. The van der Waals surface area contributed by atoms with E-state index in [0.717, 1.165) is 28.8 Å². The van der Waals surface area contributed by atoms with Crippen LogP contribution in [0.5, 0.6) is 0 Å². The molecular formula is C14H14N4. The van der Waals surface area contributed by atoms with E-state index in [1.54, 1.807) is 12.4 Å². The van der Waals surface area contributed by atoms with Crippen LogP contribution in [0.25, 0.3) is 11.0 Å². The summed E-state index contributed by atoms with van der Waals surface area (Å²) in [6.45, 7) is 0.511. The van der Waals surface area contributed by atoms with Crippen molar-refractivity contribution < 1.29 is 0 Å². The molecule has 18 heavy (non-hydrogen) atoms.